The van der Waals surface area contributed by atoms with E-state index in [1.54, 1.807) is 12.3 Å². The number of anilines is 1. The van der Waals surface area contributed by atoms with Crippen LogP contribution in [0.25, 0.3) is 0 Å². The molecule has 5 rings (SSSR count). The van der Waals surface area contributed by atoms with Gasteiger partial charge < -0.3 is 14.8 Å². The van der Waals surface area contributed by atoms with Crippen LogP contribution >= 0.6 is 11.6 Å². The van der Waals surface area contributed by atoms with Gasteiger partial charge in [-0.15, -0.1) is 0 Å². The smallest absolute Gasteiger partial charge is 0.180 e. The van der Waals surface area contributed by atoms with E-state index in [2.05, 4.69) is 77.6 Å². The summed E-state index contributed by atoms with van der Waals surface area (Å²) in [4.78, 5) is 4.67. The first kappa shape index (κ1) is 23.3. The molecule has 0 saturated carbocycles. The molecule has 0 fully saturated rings. The maximum Gasteiger partial charge on any atom is 0.180 e. The summed E-state index contributed by atoms with van der Waals surface area (Å²) in [6, 6.07) is 21.1. The lowest BCUT2D eigenvalue weighted by atomic mass is 9.77. The van der Waals surface area contributed by atoms with Gasteiger partial charge in [-0.3, -0.25) is 4.99 Å². The van der Waals surface area contributed by atoms with Gasteiger partial charge in [-0.2, -0.15) is 0 Å². The van der Waals surface area contributed by atoms with Crippen LogP contribution in [-0.2, 0) is 0 Å². The second-order valence-electron chi connectivity index (χ2n) is 8.78. The molecular formula is C30H29ClN2O2. The minimum absolute atomic E-state index is 0.276. The van der Waals surface area contributed by atoms with Crippen LogP contribution in [0.2, 0.25) is 5.02 Å². The first-order chi connectivity index (χ1) is 17.2. The van der Waals surface area contributed by atoms with E-state index in [0.717, 1.165) is 17.7 Å². The molecule has 2 aliphatic rings. The zero-order valence-electron chi connectivity index (χ0n) is 19.8. The third-order valence-electron chi connectivity index (χ3n) is 6.56. The molecular weight excluding hydrogens is 456 g/mol. The number of halogens is 1. The van der Waals surface area contributed by atoms with Crippen molar-refractivity contribution in [3.05, 3.63) is 107 Å². The Morgan fingerprint density at radius 3 is 2.74 bits per heavy atom. The van der Waals surface area contributed by atoms with E-state index in [1.165, 1.54) is 16.8 Å². The summed E-state index contributed by atoms with van der Waals surface area (Å²) < 4.78 is 11.4. The molecule has 0 aromatic heterocycles. The highest BCUT2D eigenvalue weighted by Crippen LogP contribution is 2.49. The van der Waals surface area contributed by atoms with E-state index in [9.17, 15) is 0 Å². The average Bonchev–Trinajstić information content (AvgIpc) is 3.38. The third-order valence-corrected chi connectivity index (χ3v) is 6.84. The second kappa shape index (κ2) is 10.4. The Morgan fingerprint density at radius 2 is 1.94 bits per heavy atom. The molecule has 0 unspecified atom stereocenters. The SMILES string of the molecule is C=CCOc1c(Cl)cc(C=Nc2ccc([C@@H]3Nc4ccccc4[C@H]4C=CC[C@@H]43)cc2)cc1OCC. The standard InChI is InChI=1S/C30H29ClN2O2/c1-3-16-35-30-26(31)17-20(18-28(30)34-4-2)19-32-22-14-12-21(13-15-22)29-25-10-7-9-23(25)24-8-5-6-11-27(24)33-29/h3,5-9,11-15,17-19,23,25,29,33H,1,4,10,16H2,2H3/t23-,25+,29+/m1/s1. The number of benzene rings is 3. The molecule has 35 heavy (non-hydrogen) atoms. The van der Waals surface area contributed by atoms with E-state index >= 15 is 0 Å². The highest BCUT2D eigenvalue weighted by Gasteiger charge is 2.37. The zero-order valence-corrected chi connectivity index (χ0v) is 20.5. The summed E-state index contributed by atoms with van der Waals surface area (Å²) in [6.45, 7) is 6.49. The molecule has 3 aromatic rings. The van der Waals surface area contributed by atoms with Crippen LogP contribution < -0.4 is 14.8 Å². The van der Waals surface area contributed by atoms with Crippen molar-refractivity contribution in [1.29, 1.82) is 0 Å². The number of aliphatic imine (C=N–C) groups is 1. The molecule has 0 amide bonds. The molecule has 4 nitrogen and oxygen atoms in total. The van der Waals surface area contributed by atoms with E-state index in [4.69, 9.17) is 21.1 Å². The van der Waals surface area contributed by atoms with Gasteiger partial charge in [-0.05, 0) is 66.3 Å². The Hall–Kier alpha value is -3.50. The highest BCUT2D eigenvalue weighted by atomic mass is 35.5. The van der Waals surface area contributed by atoms with Crippen LogP contribution in [0.1, 0.15) is 42.0 Å². The number of rotatable bonds is 8. The number of fused-ring (bicyclic) bond motifs is 3. The molecule has 1 N–H and O–H groups in total. The Kier molecular flexibility index (Phi) is 6.91. The van der Waals surface area contributed by atoms with E-state index in [0.29, 0.717) is 41.6 Å². The molecule has 0 bridgehead atoms. The maximum absolute atomic E-state index is 6.46. The summed E-state index contributed by atoms with van der Waals surface area (Å²) in [5.74, 6) is 2.12. The van der Waals surface area contributed by atoms with Crippen molar-refractivity contribution < 1.29 is 9.47 Å². The number of hydrogen-bond acceptors (Lipinski definition) is 4. The number of hydrogen-bond donors (Lipinski definition) is 1. The van der Waals surface area contributed by atoms with Gasteiger partial charge in [0.1, 0.15) is 6.61 Å². The van der Waals surface area contributed by atoms with Gasteiger partial charge in [0, 0.05) is 17.8 Å². The third kappa shape index (κ3) is 4.85. The molecule has 0 radical (unpaired) electrons. The van der Waals surface area contributed by atoms with Crippen molar-refractivity contribution in [2.24, 2.45) is 10.9 Å². The lowest BCUT2D eigenvalue weighted by Crippen LogP contribution is -2.28. The Bertz CT molecular complexity index is 1270. The van der Waals surface area contributed by atoms with Gasteiger partial charge in [-0.25, -0.2) is 0 Å². The number of para-hydroxylation sites is 1. The first-order valence-corrected chi connectivity index (χ1v) is 12.4. The van der Waals surface area contributed by atoms with Crippen molar-refractivity contribution in [2.45, 2.75) is 25.3 Å². The van der Waals surface area contributed by atoms with Gasteiger partial charge in [0.2, 0.25) is 0 Å². The van der Waals surface area contributed by atoms with Gasteiger partial charge in [0.15, 0.2) is 11.5 Å². The predicted octanol–water partition coefficient (Wildman–Crippen LogP) is 7.88. The van der Waals surface area contributed by atoms with Crippen molar-refractivity contribution in [1.82, 2.24) is 0 Å². The fourth-order valence-corrected chi connectivity index (χ4v) is 5.27. The van der Waals surface area contributed by atoms with Gasteiger partial charge in [-0.1, -0.05) is 66.7 Å². The minimum Gasteiger partial charge on any atom is -0.490 e. The van der Waals surface area contributed by atoms with Crippen LogP contribution in [-0.4, -0.2) is 19.4 Å². The number of ether oxygens (including phenoxy) is 2. The number of nitrogens with one attached hydrogen (secondary N) is 1. The monoisotopic (exact) mass is 484 g/mol. The summed E-state index contributed by atoms with van der Waals surface area (Å²) >= 11 is 6.46. The highest BCUT2D eigenvalue weighted by molar-refractivity contribution is 6.32. The molecule has 0 spiro atoms. The van der Waals surface area contributed by atoms with Gasteiger partial charge in [0.05, 0.1) is 23.4 Å². The largest absolute Gasteiger partial charge is 0.490 e. The number of nitrogens with zero attached hydrogens (tertiary/aromatic N) is 1. The van der Waals surface area contributed by atoms with Crippen LogP contribution in [0.15, 0.2) is 90.5 Å². The van der Waals surface area contributed by atoms with Crippen molar-refractivity contribution in [2.75, 3.05) is 18.5 Å². The van der Waals surface area contributed by atoms with Crippen LogP contribution in [0.3, 0.4) is 0 Å². The van der Waals surface area contributed by atoms with E-state index < -0.39 is 0 Å². The molecule has 3 aromatic carbocycles. The summed E-state index contributed by atoms with van der Waals surface area (Å²) in [5.41, 5.74) is 5.64. The molecule has 178 valence electrons. The summed E-state index contributed by atoms with van der Waals surface area (Å²) in [5, 5.41) is 4.27. The molecule has 0 saturated heterocycles. The number of allylic oxidation sites excluding steroid dienone is 2. The van der Waals surface area contributed by atoms with E-state index in [1.807, 2.05) is 19.1 Å². The topological polar surface area (TPSA) is 42.8 Å². The van der Waals surface area contributed by atoms with Crippen molar-refractivity contribution in [3.63, 3.8) is 0 Å². The van der Waals surface area contributed by atoms with Crippen LogP contribution in [0, 0.1) is 5.92 Å². The van der Waals surface area contributed by atoms with Gasteiger partial charge in [0.25, 0.3) is 0 Å². The lowest BCUT2D eigenvalue weighted by Gasteiger charge is -2.37. The fraction of sp³-hybridized carbons (Fsp3) is 0.233. The molecule has 3 atom stereocenters. The van der Waals surface area contributed by atoms with Crippen LogP contribution in [0.5, 0.6) is 11.5 Å². The molecule has 1 heterocycles. The molecule has 5 heteroatoms. The van der Waals surface area contributed by atoms with Gasteiger partial charge >= 0.3 is 0 Å². The Balaban J connectivity index is 1.34. The first-order valence-electron chi connectivity index (χ1n) is 12.0. The van der Waals surface area contributed by atoms with Crippen LogP contribution in [0.4, 0.5) is 11.4 Å². The average molecular weight is 485 g/mol. The Labute approximate surface area is 212 Å². The summed E-state index contributed by atoms with van der Waals surface area (Å²) in [6.07, 6.45) is 9.25. The minimum atomic E-state index is 0.276. The van der Waals surface area contributed by atoms with Crippen molar-refractivity contribution in [3.8, 4) is 11.5 Å². The lowest BCUT2D eigenvalue weighted by molar-refractivity contribution is 0.297. The van der Waals surface area contributed by atoms with Crippen molar-refractivity contribution >= 4 is 29.2 Å². The second-order valence-corrected chi connectivity index (χ2v) is 9.18. The normalized spacial score (nSPS) is 20.2. The quantitative estimate of drug-likeness (QED) is 0.261. The molecule has 1 aliphatic carbocycles. The maximum atomic E-state index is 6.46. The Morgan fingerprint density at radius 1 is 1.11 bits per heavy atom. The predicted molar refractivity (Wildman–Crippen MR) is 145 cm³/mol. The molecule has 1 aliphatic heterocycles. The zero-order chi connectivity index (χ0) is 24.2. The fourth-order valence-electron chi connectivity index (χ4n) is 5.00. The van der Waals surface area contributed by atoms with E-state index in [-0.39, 0.29) is 6.04 Å². The summed E-state index contributed by atoms with van der Waals surface area (Å²) in [7, 11) is 0.